The van der Waals surface area contributed by atoms with E-state index in [-0.39, 0.29) is 17.5 Å². The molecule has 1 saturated carbocycles. The number of ether oxygens (including phenoxy) is 2. The van der Waals surface area contributed by atoms with E-state index in [1.165, 1.54) is 6.07 Å². The standard InChI is InChI=1S/C18H27ClN2O4/c1-17(2,3)25-16(23)21-14-11-13(14)18(19,7-5-9-24-4)12-6-8-20-15(22)10-12/h6,8,10,13-14H,5,7,9,11H2,1-4H3,(H,20,22)(H,21,23). The number of halogens is 1. The molecule has 6 nitrogen and oxygen atoms in total. The fourth-order valence-electron chi connectivity index (χ4n) is 3.04. The summed E-state index contributed by atoms with van der Waals surface area (Å²) < 4.78 is 10.4. The molecule has 0 bridgehead atoms. The summed E-state index contributed by atoms with van der Waals surface area (Å²) in [4.78, 5) is 25.6. The van der Waals surface area contributed by atoms with Crippen molar-refractivity contribution in [3.05, 3.63) is 34.2 Å². The first-order valence-electron chi connectivity index (χ1n) is 8.52. The number of pyridine rings is 1. The van der Waals surface area contributed by atoms with Crippen LogP contribution in [0.25, 0.3) is 0 Å². The third-order valence-corrected chi connectivity index (χ3v) is 4.91. The van der Waals surface area contributed by atoms with E-state index in [1.807, 2.05) is 26.8 Å². The molecule has 1 aliphatic carbocycles. The molecule has 140 valence electrons. The molecule has 3 atom stereocenters. The third kappa shape index (κ3) is 5.47. The topological polar surface area (TPSA) is 80.4 Å². The lowest BCUT2D eigenvalue weighted by Gasteiger charge is -2.28. The number of amides is 1. The molecule has 1 amide bonds. The molecule has 0 saturated heterocycles. The largest absolute Gasteiger partial charge is 0.444 e. The smallest absolute Gasteiger partial charge is 0.407 e. The van der Waals surface area contributed by atoms with Gasteiger partial charge in [-0.2, -0.15) is 0 Å². The molecule has 0 spiro atoms. The van der Waals surface area contributed by atoms with E-state index in [0.717, 1.165) is 18.4 Å². The molecule has 1 aromatic rings. The van der Waals surface area contributed by atoms with Gasteiger partial charge in [-0.15, -0.1) is 11.6 Å². The number of aromatic nitrogens is 1. The third-order valence-electron chi connectivity index (χ3n) is 4.22. The zero-order valence-corrected chi connectivity index (χ0v) is 16.0. The minimum Gasteiger partial charge on any atom is -0.444 e. The van der Waals surface area contributed by atoms with Crippen LogP contribution in [0, 0.1) is 5.92 Å². The Labute approximate surface area is 153 Å². The number of nitrogens with one attached hydrogen (secondary N) is 2. The van der Waals surface area contributed by atoms with Crippen molar-refractivity contribution in [1.29, 1.82) is 0 Å². The number of rotatable bonds is 7. The first-order valence-corrected chi connectivity index (χ1v) is 8.90. The van der Waals surface area contributed by atoms with Crippen molar-refractivity contribution in [2.24, 2.45) is 5.92 Å². The summed E-state index contributed by atoms with van der Waals surface area (Å²) in [6, 6.07) is 3.29. The lowest BCUT2D eigenvalue weighted by molar-refractivity contribution is 0.0519. The van der Waals surface area contributed by atoms with Gasteiger partial charge in [-0.25, -0.2) is 4.79 Å². The van der Waals surface area contributed by atoms with Crippen molar-refractivity contribution in [2.45, 2.75) is 56.6 Å². The van der Waals surface area contributed by atoms with Crippen molar-refractivity contribution >= 4 is 17.7 Å². The molecule has 0 radical (unpaired) electrons. The summed E-state index contributed by atoms with van der Waals surface area (Å²) in [5.41, 5.74) is 0.0385. The first kappa shape index (κ1) is 19.8. The van der Waals surface area contributed by atoms with Crippen LogP contribution in [0.3, 0.4) is 0 Å². The second kappa shape index (κ2) is 7.79. The van der Waals surface area contributed by atoms with E-state index >= 15 is 0 Å². The van der Waals surface area contributed by atoms with Crippen molar-refractivity contribution in [1.82, 2.24) is 10.3 Å². The lowest BCUT2D eigenvalue weighted by atomic mass is 9.89. The van der Waals surface area contributed by atoms with E-state index in [4.69, 9.17) is 21.1 Å². The number of hydrogen-bond donors (Lipinski definition) is 2. The second-order valence-corrected chi connectivity index (χ2v) is 8.17. The molecular formula is C18H27ClN2O4. The summed E-state index contributed by atoms with van der Waals surface area (Å²) in [6.45, 7) is 6.06. The number of carbonyl (C=O) groups is 1. The van der Waals surface area contributed by atoms with Gasteiger partial charge in [0.15, 0.2) is 0 Å². The van der Waals surface area contributed by atoms with E-state index in [1.54, 1.807) is 13.3 Å². The maximum Gasteiger partial charge on any atom is 0.407 e. The van der Waals surface area contributed by atoms with Crippen LogP contribution in [0.5, 0.6) is 0 Å². The monoisotopic (exact) mass is 370 g/mol. The highest BCUT2D eigenvalue weighted by atomic mass is 35.5. The van der Waals surface area contributed by atoms with Crippen LogP contribution in [-0.4, -0.2) is 36.4 Å². The van der Waals surface area contributed by atoms with E-state index in [2.05, 4.69) is 10.3 Å². The number of H-pyrrole nitrogens is 1. The van der Waals surface area contributed by atoms with Crippen molar-refractivity contribution in [3.63, 3.8) is 0 Å². The molecule has 2 rings (SSSR count). The molecule has 3 unspecified atom stereocenters. The lowest BCUT2D eigenvalue weighted by Crippen LogP contribution is -2.36. The Morgan fingerprint density at radius 1 is 1.44 bits per heavy atom. The summed E-state index contributed by atoms with van der Waals surface area (Å²) in [6.07, 6.45) is 3.33. The van der Waals surface area contributed by atoms with Gasteiger partial charge in [-0.3, -0.25) is 4.79 Å². The fourth-order valence-corrected chi connectivity index (χ4v) is 3.53. The maximum absolute atomic E-state index is 12.0. The van der Waals surface area contributed by atoms with Crippen molar-refractivity contribution < 1.29 is 14.3 Å². The Bertz CT molecular complexity index is 655. The SMILES string of the molecule is COCCCC(Cl)(c1cc[nH]c(=O)c1)C1CC1NC(=O)OC(C)(C)C. The van der Waals surface area contributed by atoms with Crippen LogP contribution in [0.2, 0.25) is 0 Å². The molecular weight excluding hydrogens is 344 g/mol. The average molecular weight is 371 g/mol. The Balaban J connectivity index is 2.10. The van der Waals surface area contributed by atoms with Gasteiger partial charge >= 0.3 is 6.09 Å². The summed E-state index contributed by atoms with van der Waals surface area (Å²) in [5.74, 6) is 0.0420. The van der Waals surface area contributed by atoms with E-state index < -0.39 is 16.6 Å². The predicted octanol–water partition coefficient (Wildman–Crippen LogP) is 3.15. The predicted molar refractivity (Wildman–Crippen MR) is 97.0 cm³/mol. The Kier molecular flexibility index (Phi) is 6.16. The van der Waals surface area contributed by atoms with Gasteiger partial charge in [0.2, 0.25) is 5.56 Å². The quantitative estimate of drug-likeness (QED) is 0.570. The van der Waals surface area contributed by atoms with Crippen LogP contribution < -0.4 is 10.9 Å². The van der Waals surface area contributed by atoms with Crippen molar-refractivity contribution in [2.75, 3.05) is 13.7 Å². The molecule has 1 aromatic heterocycles. The first-order chi connectivity index (χ1) is 11.7. The van der Waals surface area contributed by atoms with Gasteiger partial charge in [-0.05, 0) is 51.7 Å². The molecule has 25 heavy (non-hydrogen) atoms. The van der Waals surface area contributed by atoms with Gasteiger partial charge in [0, 0.05) is 37.9 Å². The molecule has 2 N–H and O–H groups in total. The number of aromatic amines is 1. The zero-order chi connectivity index (χ0) is 18.7. The minimum atomic E-state index is -0.716. The van der Waals surface area contributed by atoms with Gasteiger partial charge in [0.05, 0.1) is 4.87 Å². The van der Waals surface area contributed by atoms with Crippen molar-refractivity contribution in [3.8, 4) is 0 Å². The van der Waals surface area contributed by atoms with Crippen LogP contribution in [0.15, 0.2) is 23.1 Å². The van der Waals surface area contributed by atoms with Gasteiger partial charge < -0.3 is 19.8 Å². The second-order valence-electron chi connectivity index (χ2n) is 7.50. The van der Waals surface area contributed by atoms with Gasteiger partial charge in [0.25, 0.3) is 0 Å². The number of carbonyl (C=O) groups excluding carboxylic acids is 1. The number of alkyl carbamates (subject to hydrolysis) is 1. The molecule has 7 heteroatoms. The molecule has 1 heterocycles. The Morgan fingerprint density at radius 3 is 2.76 bits per heavy atom. The van der Waals surface area contributed by atoms with Gasteiger partial charge in [-0.1, -0.05) is 0 Å². The molecule has 1 aliphatic rings. The van der Waals surface area contributed by atoms with Crippen LogP contribution >= 0.6 is 11.6 Å². The van der Waals surface area contributed by atoms with Crippen LogP contribution in [0.4, 0.5) is 4.79 Å². The van der Waals surface area contributed by atoms with Crippen LogP contribution in [-0.2, 0) is 14.3 Å². The number of hydrogen-bond acceptors (Lipinski definition) is 4. The highest BCUT2D eigenvalue weighted by Gasteiger charge is 2.53. The molecule has 0 aliphatic heterocycles. The molecule has 0 aromatic carbocycles. The number of alkyl halides is 1. The summed E-state index contributed by atoms with van der Waals surface area (Å²) in [7, 11) is 1.65. The maximum atomic E-state index is 12.0. The van der Waals surface area contributed by atoms with E-state index in [9.17, 15) is 9.59 Å². The average Bonchev–Trinajstić information content (AvgIpc) is 3.25. The Morgan fingerprint density at radius 2 is 2.16 bits per heavy atom. The Hall–Kier alpha value is -1.53. The van der Waals surface area contributed by atoms with Gasteiger partial charge in [0.1, 0.15) is 5.60 Å². The fraction of sp³-hybridized carbons (Fsp3) is 0.667. The normalized spacial score (nSPS) is 22.1. The van der Waals surface area contributed by atoms with Crippen LogP contribution in [0.1, 0.15) is 45.6 Å². The minimum absolute atomic E-state index is 0.0420. The number of methoxy groups -OCH3 is 1. The molecule has 1 fully saturated rings. The van der Waals surface area contributed by atoms with E-state index in [0.29, 0.717) is 13.0 Å². The summed E-state index contributed by atoms with van der Waals surface area (Å²) in [5, 5.41) is 2.88. The summed E-state index contributed by atoms with van der Waals surface area (Å²) >= 11 is 6.98. The highest BCUT2D eigenvalue weighted by molar-refractivity contribution is 6.24. The highest BCUT2D eigenvalue weighted by Crippen LogP contribution is 2.53. The zero-order valence-electron chi connectivity index (χ0n) is 15.2.